The molecular formula is C4H10N2O4. The van der Waals surface area contributed by atoms with Crippen LogP contribution in [-0.2, 0) is 9.59 Å². The number of carbonyl (C=O) groups is 2. The molecule has 0 aromatic carbocycles. The van der Waals surface area contributed by atoms with Gasteiger partial charge in [0.15, 0.2) is 0 Å². The summed E-state index contributed by atoms with van der Waals surface area (Å²) in [6, 6.07) is 0. The zero-order chi connectivity index (χ0) is 8.57. The van der Waals surface area contributed by atoms with Crippen molar-refractivity contribution < 1.29 is 19.8 Å². The second kappa shape index (κ2) is 7.86. The molecule has 0 radical (unpaired) electrons. The summed E-state index contributed by atoms with van der Waals surface area (Å²) < 4.78 is 0. The summed E-state index contributed by atoms with van der Waals surface area (Å²) >= 11 is 0. The van der Waals surface area contributed by atoms with E-state index in [9.17, 15) is 9.59 Å². The SMILES string of the molecule is NC(=O)C(N)=O.OCCO. The lowest BCUT2D eigenvalue weighted by atomic mass is 10.6. The van der Waals surface area contributed by atoms with Gasteiger partial charge < -0.3 is 21.7 Å². The van der Waals surface area contributed by atoms with Gasteiger partial charge in [0.25, 0.3) is 0 Å². The van der Waals surface area contributed by atoms with Crippen molar-refractivity contribution >= 4 is 11.8 Å². The molecule has 0 unspecified atom stereocenters. The molecule has 6 N–H and O–H groups in total. The molecule has 0 saturated heterocycles. The zero-order valence-electron chi connectivity index (χ0n) is 5.28. The topological polar surface area (TPSA) is 127 Å². The van der Waals surface area contributed by atoms with Crippen molar-refractivity contribution in [3.05, 3.63) is 0 Å². The number of aliphatic hydroxyl groups excluding tert-OH is 2. The Morgan fingerprint density at radius 2 is 1.20 bits per heavy atom. The van der Waals surface area contributed by atoms with Crippen molar-refractivity contribution in [3.8, 4) is 0 Å². The Morgan fingerprint density at radius 3 is 1.20 bits per heavy atom. The quantitative estimate of drug-likeness (QED) is 0.296. The summed E-state index contributed by atoms with van der Waals surface area (Å²) in [5, 5.41) is 15.2. The van der Waals surface area contributed by atoms with Crippen LogP contribution < -0.4 is 11.5 Å². The molecule has 0 rings (SSSR count). The number of hydrogen-bond donors (Lipinski definition) is 4. The third-order valence-corrected chi connectivity index (χ3v) is 0.343. The molecule has 0 fully saturated rings. The highest BCUT2D eigenvalue weighted by Gasteiger charge is 1.96. The Bertz CT molecular complexity index is 99.8. The number of primary amides is 2. The summed E-state index contributed by atoms with van der Waals surface area (Å²) in [6.45, 7) is -0.250. The minimum Gasteiger partial charge on any atom is -0.394 e. The van der Waals surface area contributed by atoms with Crippen LogP contribution in [0.2, 0.25) is 0 Å². The van der Waals surface area contributed by atoms with Crippen LogP contribution in [0.4, 0.5) is 0 Å². The van der Waals surface area contributed by atoms with E-state index < -0.39 is 11.8 Å². The van der Waals surface area contributed by atoms with Gasteiger partial charge in [-0.15, -0.1) is 0 Å². The van der Waals surface area contributed by atoms with E-state index in [-0.39, 0.29) is 13.2 Å². The van der Waals surface area contributed by atoms with E-state index in [0.29, 0.717) is 0 Å². The molecule has 0 saturated carbocycles. The first-order chi connectivity index (χ1) is 4.56. The van der Waals surface area contributed by atoms with E-state index in [1.54, 1.807) is 0 Å². The Balaban J connectivity index is 0. The molecule has 0 heterocycles. The summed E-state index contributed by atoms with van der Waals surface area (Å²) in [6.07, 6.45) is 0. The first-order valence-electron chi connectivity index (χ1n) is 2.37. The van der Waals surface area contributed by atoms with E-state index in [4.69, 9.17) is 10.2 Å². The molecule has 2 amide bonds. The first-order valence-corrected chi connectivity index (χ1v) is 2.37. The third-order valence-electron chi connectivity index (χ3n) is 0.343. The lowest BCUT2D eigenvalue weighted by molar-refractivity contribution is -0.135. The van der Waals surface area contributed by atoms with Gasteiger partial charge in [0.05, 0.1) is 13.2 Å². The third kappa shape index (κ3) is 15.8. The minimum atomic E-state index is -1.10. The highest BCUT2D eigenvalue weighted by molar-refractivity contribution is 6.33. The Morgan fingerprint density at radius 1 is 1.00 bits per heavy atom. The summed E-state index contributed by atoms with van der Waals surface area (Å²) in [4.78, 5) is 18.9. The first kappa shape index (κ1) is 11.6. The number of carbonyl (C=O) groups excluding carboxylic acids is 2. The molecule has 60 valence electrons. The van der Waals surface area contributed by atoms with Gasteiger partial charge in [-0.05, 0) is 0 Å². The number of hydrogen-bond acceptors (Lipinski definition) is 4. The fourth-order valence-corrected chi connectivity index (χ4v) is 0. The molecule has 0 spiro atoms. The predicted molar refractivity (Wildman–Crippen MR) is 32.6 cm³/mol. The van der Waals surface area contributed by atoms with Crippen LogP contribution in [0.1, 0.15) is 0 Å². The van der Waals surface area contributed by atoms with Gasteiger partial charge in [-0.2, -0.15) is 0 Å². The van der Waals surface area contributed by atoms with Crippen LogP contribution in [-0.4, -0.2) is 35.2 Å². The van der Waals surface area contributed by atoms with Gasteiger partial charge in [-0.1, -0.05) is 0 Å². The lowest BCUT2D eigenvalue weighted by Gasteiger charge is -1.75. The second-order valence-corrected chi connectivity index (χ2v) is 1.18. The van der Waals surface area contributed by atoms with Crippen molar-refractivity contribution in [2.75, 3.05) is 13.2 Å². The van der Waals surface area contributed by atoms with Crippen LogP contribution in [0.3, 0.4) is 0 Å². The highest BCUT2D eigenvalue weighted by Crippen LogP contribution is 1.44. The van der Waals surface area contributed by atoms with Gasteiger partial charge in [0, 0.05) is 0 Å². The average Bonchev–Trinajstić information content (AvgIpc) is 1.89. The van der Waals surface area contributed by atoms with Crippen molar-refractivity contribution in [2.24, 2.45) is 11.5 Å². The number of nitrogens with two attached hydrogens (primary N) is 2. The molecule has 0 aliphatic carbocycles. The molecule has 0 aromatic rings. The summed E-state index contributed by atoms with van der Waals surface area (Å²) in [5.41, 5.74) is 8.64. The predicted octanol–water partition coefficient (Wildman–Crippen LogP) is -3.07. The van der Waals surface area contributed by atoms with Gasteiger partial charge in [0.2, 0.25) is 0 Å². The molecule has 6 heteroatoms. The van der Waals surface area contributed by atoms with Crippen molar-refractivity contribution in [2.45, 2.75) is 0 Å². The molecule has 0 aliphatic rings. The van der Waals surface area contributed by atoms with Gasteiger partial charge in [0.1, 0.15) is 0 Å². The maximum absolute atomic E-state index is 9.45. The van der Waals surface area contributed by atoms with E-state index in [0.717, 1.165) is 0 Å². The van der Waals surface area contributed by atoms with E-state index >= 15 is 0 Å². The van der Waals surface area contributed by atoms with Crippen molar-refractivity contribution in [3.63, 3.8) is 0 Å². The van der Waals surface area contributed by atoms with Gasteiger partial charge >= 0.3 is 11.8 Å². The van der Waals surface area contributed by atoms with Crippen LogP contribution >= 0.6 is 0 Å². The van der Waals surface area contributed by atoms with Crippen LogP contribution in [0.25, 0.3) is 0 Å². The Kier molecular flexibility index (Phi) is 9.14. The minimum absolute atomic E-state index is 0.125. The molecule has 0 aromatic heterocycles. The molecule has 0 bridgehead atoms. The molecule has 0 aliphatic heterocycles. The Hall–Kier alpha value is -1.14. The highest BCUT2D eigenvalue weighted by atomic mass is 16.3. The van der Waals surface area contributed by atoms with Gasteiger partial charge in [-0.25, -0.2) is 0 Å². The molecule has 10 heavy (non-hydrogen) atoms. The normalized spacial score (nSPS) is 7.40. The smallest absolute Gasteiger partial charge is 0.306 e. The van der Waals surface area contributed by atoms with Gasteiger partial charge in [-0.3, -0.25) is 9.59 Å². The zero-order valence-corrected chi connectivity index (χ0v) is 5.28. The maximum Gasteiger partial charge on any atom is 0.306 e. The monoisotopic (exact) mass is 150 g/mol. The largest absolute Gasteiger partial charge is 0.394 e. The lowest BCUT2D eigenvalue weighted by Crippen LogP contribution is -2.29. The molecular weight excluding hydrogens is 140 g/mol. The summed E-state index contributed by atoms with van der Waals surface area (Å²) in [7, 11) is 0. The molecule has 6 nitrogen and oxygen atoms in total. The fraction of sp³-hybridized carbons (Fsp3) is 0.500. The average molecular weight is 150 g/mol. The van der Waals surface area contributed by atoms with E-state index in [1.165, 1.54) is 0 Å². The summed E-state index contributed by atoms with van der Waals surface area (Å²) in [5.74, 6) is -2.20. The number of aliphatic hydroxyl groups is 2. The fourth-order valence-electron chi connectivity index (χ4n) is 0. The van der Waals surface area contributed by atoms with E-state index in [2.05, 4.69) is 11.5 Å². The second-order valence-electron chi connectivity index (χ2n) is 1.18. The van der Waals surface area contributed by atoms with Crippen LogP contribution in [0, 0.1) is 0 Å². The standard InChI is InChI=1S/C2H4N2O2.C2H6O2/c3-1(5)2(4)6;3-1-2-4/h(H2,3,5)(H2,4,6);3-4H,1-2H2. The van der Waals surface area contributed by atoms with Crippen LogP contribution in [0.15, 0.2) is 0 Å². The van der Waals surface area contributed by atoms with E-state index in [1.807, 2.05) is 0 Å². The van der Waals surface area contributed by atoms with Crippen molar-refractivity contribution in [1.29, 1.82) is 0 Å². The number of amides is 2. The maximum atomic E-state index is 9.45. The number of rotatable bonds is 1. The van der Waals surface area contributed by atoms with Crippen molar-refractivity contribution in [1.82, 2.24) is 0 Å². The Labute approximate surface area is 57.4 Å². The van der Waals surface area contributed by atoms with Crippen LogP contribution in [0.5, 0.6) is 0 Å². The molecule has 0 atom stereocenters.